The maximum absolute atomic E-state index is 12.5. The second kappa shape index (κ2) is 12.3. The highest BCUT2D eigenvalue weighted by Gasteiger charge is 2.30. The number of carbonyl (C=O) groups excluding carboxylic acids is 3. The Morgan fingerprint density at radius 1 is 1.11 bits per heavy atom. The Morgan fingerprint density at radius 2 is 1.79 bits per heavy atom. The van der Waals surface area contributed by atoms with Gasteiger partial charge in [-0.3, -0.25) is 19.2 Å². The summed E-state index contributed by atoms with van der Waals surface area (Å²) in [4.78, 5) is 47.9. The number of carboxylic acids is 1. The van der Waals surface area contributed by atoms with Crippen molar-refractivity contribution in [1.29, 1.82) is 0 Å². The fourth-order valence-corrected chi connectivity index (χ4v) is 2.78. The Labute approximate surface area is 163 Å². The van der Waals surface area contributed by atoms with Gasteiger partial charge in [0.2, 0.25) is 17.7 Å². The van der Waals surface area contributed by atoms with Crippen molar-refractivity contribution in [2.75, 3.05) is 19.7 Å². The van der Waals surface area contributed by atoms with Crippen LogP contribution in [-0.4, -0.2) is 77.8 Å². The van der Waals surface area contributed by atoms with E-state index in [9.17, 15) is 24.3 Å². The number of hydrogen-bond donors (Lipinski definition) is 7. The van der Waals surface area contributed by atoms with E-state index in [2.05, 4.69) is 21.3 Å². The fourth-order valence-electron chi connectivity index (χ4n) is 2.78. The van der Waals surface area contributed by atoms with E-state index in [0.29, 0.717) is 32.4 Å². The molecule has 1 fully saturated rings. The molecule has 1 aliphatic heterocycles. The van der Waals surface area contributed by atoms with Crippen molar-refractivity contribution in [3.63, 3.8) is 0 Å². The maximum atomic E-state index is 12.5. The molecule has 0 radical (unpaired) electrons. The minimum Gasteiger partial charge on any atom is -0.480 e. The molecule has 160 valence electrons. The summed E-state index contributed by atoms with van der Waals surface area (Å²) in [5.74, 6) is -2.97. The van der Waals surface area contributed by atoms with Crippen molar-refractivity contribution >= 4 is 23.7 Å². The molecule has 11 nitrogen and oxygen atoms in total. The van der Waals surface area contributed by atoms with Crippen LogP contribution in [0.25, 0.3) is 0 Å². The zero-order valence-electron chi connectivity index (χ0n) is 16.1. The summed E-state index contributed by atoms with van der Waals surface area (Å²) in [6, 6.07) is -3.75. The molecule has 8 N–H and O–H groups in total. The van der Waals surface area contributed by atoms with Crippen LogP contribution in [-0.2, 0) is 19.2 Å². The smallest absolute Gasteiger partial charge is 0.325 e. The summed E-state index contributed by atoms with van der Waals surface area (Å²) in [7, 11) is 0. The van der Waals surface area contributed by atoms with Crippen molar-refractivity contribution in [3.05, 3.63) is 0 Å². The van der Waals surface area contributed by atoms with E-state index >= 15 is 0 Å². The number of carboxylic acid groups (broad SMARTS) is 1. The lowest BCUT2D eigenvalue weighted by molar-refractivity contribution is -0.141. The number of amides is 3. The molecule has 3 amide bonds. The minimum atomic E-state index is -1.21. The first kappa shape index (κ1) is 23.8. The molecule has 4 unspecified atom stereocenters. The first-order chi connectivity index (χ1) is 13.3. The van der Waals surface area contributed by atoms with E-state index in [1.54, 1.807) is 0 Å². The second-order valence-corrected chi connectivity index (χ2v) is 6.81. The number of nitrogens with two attached hydrogens (primary N) is 1. The summed E-state index contributed by atoms with van der Waals surface area (Å²) < 4.78 is 0. The summed E-state index contributed by atoms with van der Waals surface area (Å²) in [6.07, 6.45) is 2.90. The number of aliphatic carboxylic acids is 1. The molecule has 4 atom stereocenters. The van der Waals surface area contributed by atoms with Gasteiger partial charge in [-0.05, 0) is 52.1 Å². The number of aliphatic hydroxyl groups is 1. The molecule has 11 heteroatoms. The molecular formula is C17H31N5O6. The van der Waals surface area contributed by atoms with E-state index in [0.717, 1.165) is 6.42 Å². The zero-order valence-corrected chi connectivity index (χ0v) is 16.1. The molecule has 0 spiro atoms. The molecule has 1 heterocycles. The molecule has 28 heavy (non-hydrogen) atoms. The van der Waals surface area contributed by atoms with E-state index < -0.39 is 54.5 Å². The molecule has 1 aliphatic rings. The van der Waals surface area contributed by atoms with Crippen LogP contribution in [0.5, 0.6) is 0 Å². The topological polar surface area (TPSA) is 183 Å². The van der Waals surface area contributed by atoms with Gasteiger partial charge in [-0.25, -0.2) is 0 Å². The SMILES string of the molecule is CC(NC(=O)C(CCCCN)NC(=O)C(CO)NC(=O)C1CCCN1)C(=O)O. The Hall–Kier alpha value is -2.24. The third-order valence-corrected chi connectivity index (χ3v) is 4.50. The second-order valence-electron chi connectivity index (χ2n) is 6.81. The Bertz CT molecular complexity index is 552. The van der Waals surface area contributed by atoms with E-state index in [-0.39, 0.29) is 6.42 Å². The number of carbonyl (C=O) groups is 4. The van der Waals surface area contributed by atoms with Crippen LogP contribution in [0.2, 0.25) is 0 Å². The van der Waals surface area contributed by atoms with Crippen molar-refractivity contribution < 1.29 is 29.4 Å². The van der Waals surface area contributed by atoms with E-state index in [1.165, 1.54) is 6.92 Å². The summed E-state index contributed by atoms with van der Waals surface area (Å²) in [6.45, 7) is 1.80. The van der Waals surface area contributed by atoms with Gasteiger partial charge in [0.1, 0.15) is 18.1 Å². The molecule has 0 aromatic rings. The third-order valence-electron chi connectivity index (χ3n) is 4.50. The predicted molar refractivity (Wildman–Crippen MR) is 100 cm³/mol. The van der Waals surface area contributed by atoms with Gasteiger partial charge in [-0.2, -0.15) is 0 Å². The van der Waals surface area contributed by atoms with Gasteiger partial charge in [0.25, 0.3) is 0 Å². The number of unbranched alkanes of at least 4 members (excludes halogenated alkanes) is 1. The number of rotatable bonds is 12. The number of nitrogens with one attached hydrogen (secondary N) is 4. The van der Waals surface area contributed by atoms with Gasteiger partial charge in [0.05, 0.1) is 12.6 Å². The zero-order chi connectivity index (χ0) is 21.1. The van der Waals surface area contributed by atoms with Gasteiger partial charge >= 0.3 is 5.97 Å². The summed E-state index contributed by atoms with van der Waals surface area (Å²) >= 11 is 0. The van der Waals surface area contributed by atoms with Gasteiger partial charge in [-0.1, -0.05) is 0 Å². The molecule has 0 aromatic carbocycles. The van der Waals surface area contributed by atoms with Crippen LogP contribution in [0.3, 0.4) is 0 Å². The first-order valence-electron chi connectivity index (χ1n) is 9.48. The molecule has 1 saturated heterocycles. The van der Waals surface area contributed by atoms with E-state index in [4.69, 9.17) is 10.8 Å². The minimum absolute atomic E-state index is 0.247. The largest absolute Gasteiger partial charge is 0.480 e. The van der Waals surface area contributed by atoms with Crippen LogP contribution < -0.4 is 27.0 Å². The quantitative estimate of drug-likeness (QED) is 0.174. The summed E-state index contributed by atoms with van der Waals surface area (Å²) in [5, 5.41) is 28.7. The fraction of sp³-hybridized carbons (Fsp3) is 0.765. The normalized spacial score (nSPS) is 19.3. The average molecular weight is 401 g/mol. The monoisotopic (exact) mass is 401 g/mol. The highest BCUT2D eigenvalue weighted by molar-refractivity contribution is 5.94. The molecule has 0 saturated carbocycles. The van der Waals surface area contributed by atoms with Gasteiger partial charge in [0, 0.05) is 0 Å². The Balaban J connectivity index is 2.71. The van der Waals surface area contributed by atoms with Crippen molar-refractivity contribution in [2.45, 2.75) is 63.2 Å². The molecule has 0 aliphatic carbocycles. The van der Waals surface area contributed by atoms with Crippen molar-refractivity contribution in [3.8, 4) is 0 Å². The predicted octanol–water partition coefficient (Wildman–Crippen LogP) is -2.58. The van der Waals surface area contributed by atoms with Crippen molar-refractivity contribution in [1.82, 2.24) is 21.3 Å². The lowest BCUT2D eigenvalue weighted by Crippen LogP contribution is -2.57. The van der Waals surface area contributed by atoms with Gasteiger partial charge in [0.15, 0.2) is 0 Å². The average Bonchev–Trinajstić information content (AvgIpc) is 3.19. The van der Waals surface area contributed by atoms with Crippen LogP contribution >= 0.6 is 0 Å². The van der Waals surface area contributed by atoms with Crippen molar-refractivity contribution in [2.24, 2.45) is 5.73 Å². The van der Waals surface area contributed by atoms with Gasteiger partial charge in [-0.15, -0.1) is 0 Å². The molecule has 0 aromatic heterocycles. The first-order valence-corrected chi connectivity index (χ1v) is 9.48. The molecule has 0 bridgehead atoms. The summed E-state index contributed by atoms with van der Waals surface area (Å²) in [5.41, 5.74) is 5.44. The molecule has 1 rings (SSSR count). The lowest BCUT2D eigenvalue weighted by atomic mass is 10.1. The highest BCUT2D eigenvalue weighted by Crippen LogP contribution is 2.06. The van der Waals surface area contributed by atoms with Crippen LogP contribution in [0.1, 0.15) is 39.0 Å². The Morgan fingerprint density at radius 3 is 2.32 bits per heavy atom. The third kappa shape index (κ3) is 7.79. The van der Waals surface area contributed by atoms with E-state index in [1.807, 2.05) is 0 Å². The lowest BCUT2D eigenvalue weighted by Gasteiger charge is -2.23. The number of hydrogen-bond acceptors (Lipinski definition) is 7. The van der Waals surface area contributed by atoms with Crippen LogP contribution in [0.4, 0.5) is 0 Å². The van der Waals surface area contributed by atoms with Gasteiger partial charge < -0.3 is 37.2 Å². The number of aliphatic hydroxyl groups excluding tert-OH is 1. The maximum Gasteiger partial charge on any atom is 0.325 e. The standard InChI is InChI=1S/C17H31N5O6/c1-10(17(27)28)20-15(25)12(5-2-3-7-18)21-16(26)13(9-23)22-14(24)11-6-4-8-19-11/h10-13,19,23H,2-9,18H2,1H3,(H,20,25)(H,21,26)(H,22,24)(H,27,28). The van der Waals surface area contributed by atoms with Crippen LogP contribution in [0, 0.1) is 0 Å². The Kier molecular flexibility index (Phi) is 10.4. The molecular weight excluding hydrogens is 370 g/mol. The highest BCUT2D eigenvalue weighted by atomic mass is 16.4. The van der Waals surface area contributed by atoms with Crippen LogP contribution in [0.15, 0.2) is 0 Å².